The van der Waals surface area contributed by atoms with Gasteiger partial charge in [-0.2, -0.15) is 0 Å². The number of aryl methyl sites for hydroxylation is 1. The summed E-state index contributed by atoms with van der Waals surface area (Å²) < 4.78 is 10.4. The summed E-state index contributed by atoms with van der Waals surface area (Å²) in [4.78, 5) is 24.9. The number of hydrogen-bond donors (Lipinski definition) is 1. The molecule has 2 amide bonds. The smallest absolute Gasteiger partial charge is 0.282 e. The van der Waals surface area contributed by atoms with Gasteiger partial charge in [0.05, 0.1) is 24.9 Å². The van der Waals surface area contributed by atoms with E-state index < -0.39 is 11.8 Å². The van der Waals surface area contributed by atoms with Crippen molar-refractivity contribution in [3.8, 4) is 11.5 Å². The van der Waals surface area contributed by atoms with E-state index in [1.165, 1.54) is 25.3 Å². The third kappa shape index (κ3) is 3.23. The highest BCUT2D eigenvalue weighted by Gasteiger charge is 2.34. The lowest BCUT2D eigenvalue weighted by molar-refractivity contribution is -0.117. The van der Waals surface area contributed by atoms with E-state index in [4.69, 9.17) is 21.1 Å². The predicted octanol–water partition coefficient (Wildman–Crippen LogP) is 3.13. The number of methoxy groups -OCH3 is 2. The lowest BCUT2D eigenvalue weighted by atomic mass is 10.1. The monoisotopic (exact) mass is 372 g/mol. The van der Waals surface area contributed by atoms with E-state index in [0.29, 0.717) is 27.8 Å². The Morgan fingerprint density at radius 1 is 1.08 bits per heavy atom. The zero-order valence-corrected chi connectivity index (χ0v) is 15.3. The summed E-state index contributed by atoms with van der Waals surface area (Å²) in [7, 11) is 2.97. The first-order valence-electron chi connectivity index (χ1n) is 7.80. The number of carbonyl (C=O) groups excluding carboxylic acids is 2. The molecule has 1 saturated heterocycles. The fourth-order valence-electron chi connectivity index (χ4n) is 2.62. The molecule has 26 heavy (non-hydrogen) atoms. The van der Waals surface area contributed by atoms with E-state index in [1.54, 1.807) is 24.3 Å². The van der Waals surface area contributed by atoms with Gasteiger partial charge in [-0.1, -0.05) is 29.3 Å². The van der Waals surface area contributed by atoms with E-state index >= 15 is 0 Å². The Bertz CT molecular complexity index is 907. The highest BCUT2D eigenvalue weighted by Crippen LogP contribution is 2.37. The number of nitrogens with one attached hydrogen (secondary N) is 1. The zero-order chi connectivity index (χ0) is 18.8. The Kier molecular flexibility index (Phi) is 4.86. The van der Waals surface area contributed by atoms with Crippen LogP contribution in [-0.2, 0) is 9.59 Å². The number of halogens is 1. The van der Waals surface area contributed by atoms with Gasteiger partial charge in [-0.05, 0) is 42.8 Å². The summed E-state index contributed by atoms with van der Waals surface area (Å²) in [5.41, 5.74) is 4.77. The maximum Gasteiger partial charge on any atom is 0.282 e. The molecule has 0 atom stereocenters. The van der Waals surface area contributed by atoms with Gasteiger partial charge in [0.1, 0.15) is 5.57 Å². The van der Waals surface area contributed by atoms with Gasteiger partial charge < -0.3 is 9.47 Å². The Hall–Kier alpha value is -2.99. The number of carbonyl (C=O) groups is 2. The molecule has 1 heterocycles. The second-order valence-corrected chi connectivity index (χ2v) is 6.12. The molecule has 0 spiro atoms. The zero-order valence-electron chi connectivity index (χ0n) is 14.5. The quantitative estimate of drug-likeness (QED) is 0.661. The number of amides is 2. The van der Waals surface area contributed by atoms with E-state index in [9.17, 15) is 9.59 Å². The summed E-state index contributed by atoms with van der Waals surface area (Å²) in [5, 5.41) is 1.54. The van der Waals surface area contributed by atoms with Gasteiger partial charge in [-0.25, -0.2) is 5.01 Å². The number of ether oxygens (including phenoxy) is 2. The Balaban J connectivity index is 1.96. The number of hydrazine groups is 1. The van der Waals surface area contributed by atoms with Gasteiger partial charge >= 0.3 is 0 Å². The van der Waals surface area contributed by atoms with Crippen LogP contribution in [0.15, 0.2) is 42.0 Å². The Morgan fingerprint density at radius 3 is 2.38 bits per heavy atom. The molecule has 2 aromatic carbocycles. The fourth-order valence-corrected chi connectivity index (χ4v) is 2.92. The largest absolute Gasteiger partial charge is 0.493 e. The molecule has 0 saturated carbocycles. The van der Waals surface area contributed by atoms with Crippen LogP contribution in [0.4, 0.5) is 5.69 Å². The van der Waals surface area contributed by atoms with Crippen molar-refractivity contribution in [3.05, 3.63) is 58.1 Å². The van der Waals surface area contributed by atoms with Gasteiger partial charge in [0.2, 0.25) is 0 Å². The van der Waals surface area contributed by atoms with Crippen LogP contribution in [0.2, 0.25) is 5.02 Å². The number of anilines is 1. The lowest BCUT2D eigenvalue weighted by Crippen LogP contribution is -2.35. The minimum Gasteiger partial charge on any atom is -0.493 e. The normalized spacial score (nSPS) is 15.4. The molecule has 6 nitrogen and oxygen atoms in total. The molecule has 0 bridgehead atoms. The standard InChI is InChI=1S/C19H17ClN2O4/c1-11-4-6-13(7-5-11)22-19(24)14(18(23)21-22)8-12-9-15(20)17(26-3)16(10-12)25-2/h4-10H,1-3H3,(H,21,23)/b14-8+. The maximum atomic E-state index is 12.7. The van der Waals surface area contributed by atoms with Crippen molar-refractivity contribution in [2.45, 2.75) is 6.92 Å². The summed E-state index contributed by atoms with van der Waals surface area (Å²) in [5.74, 6) is -0.126. The minimum absolute atomic E-state index is 0.00821. The number of hydrogen-bond acceptors (Lipinski definition) is 4. The highest BCUT2D eigenvalue weighted by molar-refractivity contribution is 6.33. The molecule has 1 aliphatic heterocycles. The van der Waals surface area contributed by atoms with Crippen molar-refractivity contribution in [3.63, 3.8) is 0 Å². The number of nitrogens with zero attached hydrogens (tertiary/aromatic N) is 1. The van der Waals surface area contributed by atoms with E-state index in [-0.39, 0.29) is 5.57 Å². The van der Waals surface area contributed by atoms with Crippen LogP contribution in [0.1, 0.15) is 11.1 Å². The van der Waals surface area contributed by atoms with Gasteiger partial charge in [0.25, 0.3) is 11.8 Å². The third-order valence-electron chi connectivity index (χ3n) is 3.95. The SMILES string of the molecule is COc1cc(/C=C2\C(=O)NN(c3ccc(C)cc3)C2=O)cc(Cl)c1OC. The van der Waals surface area contributed by atoms with Crippen LogP contribution in [0, 0.1) is 6.92 Å². The Morgan fingerprint density at radius 2 is 1.77 bits per heavy atom. The first-order chi connectivity index (χ1) is 12.4. The van der Waals surface area contributed by atoms with Crippen molar-refractivity contribution in [2.75, 3.05) is 19.2 Å². The van der Waals surface area contributed by atoms with Crippen LogP contribution in [0.25, 0.3) is 6.08 Å². The van der Waals surface area contributed by atoms with E-state index in [2.05, 4.69) is 5.43 Å². The van der Waals surface area contributed by atoms with E-state index in [0.717, 1.165) is 5.56 Å². The van der Waals surface area contributed by atoms with Gasteiger partial charge in [0, 0.05) is 0 Å². The number of rotatable bonds is 4. The molecular formula is C19H17ClN2O4. The third-order valence-corrected chi connectivity index (χ3v) is 4.23. The highest BCUT2D eigenvalue weighted by atomic mass is 35.5. The van der Waals surface area contributed by atoms with Gasteiger partial charge in [-0.15, -0.1) is 0 Å². The molecule has 2 aromatic rings. The topological polar surface area (TPSA) is 67.9 Å². The number of benzene rings is 2. The summed E-state index contributed by atoms with van der Waals surface area (Å²) >= 11 is 6.18. The molecule has 134 valence electrons. The maximum absolute atomic E-state index is 12.7. The molecule has 7 heteroatoms. The van der Waals surface area contributed by atoms with Crippen molar-refractivity contribution in [1.29, 1.82) is 0 Å². The van der Waals surface area contributed by atoms with Crippen LogP contribution in [0.3, 0.4) is 0 Å². The molecule has 0 aromatic heterocycles. The molecule has 1 fully saturated rings. The van der Waals surface area contributed by atoms with Crippen LogP contribution >= 0.6 is 11.6 Å². The minimum atomic E-state index is -0.485. The molecular weight excluding hydrogens is 356 g/mol. The molecule has 0 radical (unpaired) electrons. The van der Waals surface area contributed by atoms with Crippen LogP contribution < -0.4 is 19.9 Å². The van der Waals surface area contributed by atoms with E-state index in [1.807, 2.05) is 19.1 Å². The average Bonchev–Trinajstić information content (AvgIpc) is 2.90. The Labute approximate surface area is 155 Å². The van der Waals surface area contributed by atoms with Crippen molar-refractivity contribution < 1.29 is 19.1 Å². The first-order valence-corrected chi connectivity index (χ1v) is 8.17. The molecule has 1 N–H and O–H groups in total. The van der Waals surface area contributed by atoms with Crippen molar-refractivity contribution >= 4 is 35.2 Å². The fraction of sp³-hybridized carbons (Fsp3) is 0.158. The van der Waals surface area contributed by atoms with Crippen LogP contribution in [0.5, 0.6) is 11.5 Å². The van der Waals surface area contributed by atoms with Crippen molar-refractivity contribution in [1.82, 2.24) is 5.43 Å². The predicted molar refractivity (Wildman–Crippen MR) is 99.3 cm³/mol. The second-order valence-electron chi connectivity index (χ2n) is 5.71. The van der Waals surface area contributed by atoms with Gasteiger partial charge in [0.15, 0.2) is 11.5 Å². The average molecular weight is 373 g/mol. The molecule has 0 aliphatic carbocycles. The molecule has 3 rings (SSSR count). The second kappa shape index (κ2) is 7.09. The van der Waals surface area contributed by atoms with Crippen LogP contribution in [-0.4, -0.2) is 26.0 Å². The lowest BCUT2D eigenvalue weighted by Gasteiger charge is -2.14. The molecule has 1 aliphatic rings. The summed E-state index contributed by atoms with van der Waals surface area (Å²) in [6, 6.07) is 10.5. The van der Waals surface area contributed by atoms with Gasteiger partial charge in [-0.3, -0.25) is 15.0 Å². The summed E-state index contributed by atoms with van der Waals surface area (Å²) in [6.45, 7) is 1.94. The first kappa shape index (κ1) is 17.8. The van der Waals surface area contributed by atoms with Crippen molar-refractivity contribution in [2.24, 2.45) is 0 Å². The summed E-state index contributed by atoms with van der Waals surface area (Å²) in [6.07, 6.45) is 1.47. The molecule has 0 unspecified atom stereocenters.